The zero-order valence-corrected chi connectivity index (χ0v) is 8.11. The second-order valence-corrected chi connectivity index (χ2v) is 3.07. The molecule has 0 unspecified atom stereocenters. The summed E-state index contributed by atoms with van der Waals surface area (Å²) in [5.74, 6) is -0.505. The standard InChI is InChI=1S/C11H9NO3/c1-15-11(14)10-7-4-2-3-5-8(7)12-9(10)6-13/h2-6,12H,1H3. The number of ether oxygens (including phenoxy) is 1. The van der Waals surface area contributed by atoms with E-state index in [0.717, 1.165) is 5.52 Å². The molecule has 15 heavy (non-hydrogen) atoms. The van der Waals surface area contributed by atoms with Crippen LogP contribution in [-0.4, -0.2) is 24.3 Å². The largest absolute Gasteiger partial charge is 0.465 e. The number of fused-ring (bicyclic) bond motifs is 1. The average Bonchev–Trinajstić information content (AvgIpc) is 2.66. The number of nitrogens with one attached hydrogen (secondary N) is 1. The van der Waals surface area contributed by atoms with Gasteiger partial charge in [-0.1, -0.05) is 18.2 Å². The number of benzene rings is 1. The quantitative estimate of drug-likeness (QED) is 0.597. The first-order valence-electron chi connectivity index (χ1n) is 4.42. The van der Waals surface area contributed by atoms with Crippen molar-refractivity contribution in [3.8, 4) is 0 Å². The maximum Gasteiger partial charge on any atom is 0.340 e. The number of para-hydroxylation sites is 1. The summed E-state index contributed by atoms with van der Waals surface area (Å²) in [6, 6.07) is 7.20. The lowest BCUT2D eigenvalue weighted by Crippen LogP contribution is -2.03. The number of hydrogen-bond acceptors (Lipinski definition) is 3. The molecule has 0 radical (unpaired) electrons. The van der Waals surface area contributed by atoms with Crippen LogP contribution in [0.2, 0.25) is 0 Å². The van der Waals surface area contributed by atoms with Crippen LogP contribution in [0.1, 0.15) is 20.8 Å². The Bertz CT molecular complexity index is 528. The van der Waals surface area contributed by atoms with Crippen LogP contribution < -0.4 is 0 Å². The van der Waals surface area contributed by atoms with E-state index in [2.05, 4.69) is 9.72 Å². The van der Waals surface area contributed by atoms with Crippen molar-refractivity contribution in [3.05, 3.63) is 35.5 Å². The maximum absolute atomic E-state index is 11.5. The first kappa shape index (κ1) is 9.45. The van der Waals surface area contributed by atoms with Gasteiger partial charge in [0.25, 0.3) is 0 Å². The zero-order valence-electron chi connectivity index (χ0n) is 8.11. The van der Waals surface area contributed by atoms with Crippen LogP contribution >= 0.6 is 0 Å². The van der Waals surface area contributed by atoms with Crippen LogP contribution in [0.5, 0.6) is 0 Å². The summed E-state index contributed by atoms with van der Waals surface area (Å²) >= 11 is 0. The molecule has 0 aliphatic carbocycles. The number of carbonyl (C=O) groups is 2. The molecule has 0 spiro atoms. The van der Waals surface area contributed by atoms with Crippen LogP contribution in [0.15, 0.2) is 24.3 Å². The average molecular weight is 203 g/mol. The van der Waals surface area contributed by atoms with Crippen molar-refractivity contribution in [2.75, 3.05) is 7.11 Å². The highest BCUT2D eigenvalue weighted by Gasteiger charge is 2.17. The van der Waals surface area contributed by atoms with Crippen LogP contribution in [0.25, 0.3) is 10.9 Å². The highest BCUT2D eigenvalue weighted by atomic mass is 16.5. The number of H-pyrrole nitrogens is 1. The van der Waals surface area contributed by atoms with Gasteiger partial charge in [-0.15, -0.1) is 0 Å². The van der Waals surface area contributed by atoms with Gasteiger partial charge >= 0.3 is 5.97 Å². The monoisotopic (exact) mass is 203 g/mol. The summed E-state index contributed by atoms with van der Waals surface area (Å²) in [4.78, 5) is 25.1. The lowest BCUT2D eigenvalue weighted by atomic mass is 10.1. The van der Waals surface area contributed by atoms with E-state index in [9.17, 15) is 9.59 Å². The molecule has 1 aromatic carbocycles. The number of hydrogen-bond donors (Lipinski definition) is 1. The number of methoxy groups -OCH3 is 1. The molecule has 0 bridgehead atoms. The highest BCUT2D eigenvalue weighted by Crippen LogP contribution is 2.21. The number of aromatic amines is 1. The van der Waals surface area contributed by atoms with Crippen LogP contribution in [-0.2, 0) is 4.74 Å². The predicted octanol–water partition coefficient (Wildman–Crippen LogP) is 1.77. The molecule has 1 aromatic heterocycles. The summed E-state index contributed by atoms with van der Waals surface area (Å²) in [7, 11) is 1.29. The van der Waals surface area contributed by atoms with Gasteiger partial charge in [-0.2, -0.15) is 0 Å². The van der Waals surface area contributed by atoms with E-state index in [1.165, 1.54) is 7.11 Å². The molecule has 4 heteroatoms. The Morgan fingerprint density at radius 3 is 2.80 bits per heavy atom. The fourth-order valence-electron chi connectivity index (χ4n) is 1.57. The minimum Gasteiger partial charge on any atom is -0.465 e. The maximum atomic E-state index is 11.5. The Morgan fingerprint density at radius 1 is 1.40 bits per heavy atom. The lowest BCUT2D eigenvalue weighted by molar-refractivity contribution is 0.0600. The normalized spacial score (nSPS) is 10.2. The van der Waals surface area contributed by atoms with Crippen LogP contribution in [0.4, 0.5) is 0 Å². The van der Waals surface area contributed by atoms with Crippen molar-refractivity contribution in [2.24, 2.45) is 0 Å². The van der Waals surface area contributed by atoms with E-state index in [4.69, 9.17) is 0 Å². The highest BCUT2D eigenvalue weighted by molar-refractivity contribution is 6.10. The van der Waals surface area contributed by atoms with Crippen molar-refractivity contribution in [1.82, 2.24) is 4.98 Å². The van der Waals surface area contributed by atoms with Gasteiger partial charge in [-0.3, -0.25) is 4.79 Å². The van der Waals surface area contributed by atoms with E-state index in [1.807, 2.05) is 6.07 Å². The third kappa shape index (κ3) is 1.40. The number of aldehydes is 1. The number of carbonyl (C=O) groups excluding carboxylic acids is 2. The topological polar surface area (TPSA) is 59.2 Å². The zero-order chi connectivity index (χ0) is 10.8. The number of esters is 1. The molecule has 0 aliphatic heterocycles. The van der Waals surface area contributed by atoms with Gasteiger partial charge in [-0.05, 0) is 6.07 Å². The van der Waals surface area contributed by atoms with E-state index >= 15 is 0 Å². The fourth-order valence-corrected chi connectivity index (χ4v) is 1.57. The van der Waals surface area contributed by atoms with Crippen molar-refractivity contribution in [1.29, 1.82) is 0 Å². The van der Waals surface area contributed by atoms with Gasteiger partial charge in [0.1, 0.15) is 0 Å². The van der Waals surface area contributed by atoms with Crippen molar-refractivity contribution in [2.45, 2.75) is 0 Å². The summed E-state index contributed by atoms with van der Waals surface area (Å²) in [5.41, 5.74) is 1.30. The summed E-state index contributed by atoms with van der Waals surface area (Å²) < 4.78 is 4.63. The van der Waals surface area contributed by atoms with E-state index in [0.29, 0.717) is 17.2 Å². The Balaban J connectivity index is 2.78. The molecular formula is C11H9NO3. The van der Waals surface area contributed by atoms with Gasteiger partial charge in [0.2, 0.25) is 0 Å². The van der Waals surface area contributed by atoms with Gasteiger partial charge in [0, 0.05) is 10.9 Å². The lowest BCUT2D eigenvalue weighted by Gasteiger charge is -1.97. The van der Waals surface area contributed by atoms with E-state index in [-0.39, 0.29) is 5.69 Å². The Labute approximate surface area is 85.9 Å². The molecule has 0 aliphatic rings. The fraction of sp³-hybridized carbons (Fsp3) is 0.0909. The predicted molar refractivity (Wildman–Crippen MR) is 55.0 cm³/mol. The third-order valence-electron chi connectivity index (χ3n) is 2.24. The Morgan fingerprint density at radius 2 is 2.13 bits per heavy atom. The van der Waals surface area contributed by atoms with Gasteiger partial charge in [0.15, 0.2) is 6.29 Å². The van der Waals surface area contributed by atoms with E-state index in [1.54, 1.807) is 18.2 Å². The number of rotatable bonds is 2. The van der Waals surface area contributed by atoms with Gasteiger partial charge in [0.05, 0.1) is 18.4 Å². The first-order valence-corrected chi connectivity index (χ1v) is 4.42. The first-order chi connectivity index (χ1) is 7.27. The van der Waals surface area contributed by atoms with Crippen molar-refractivity contribution in [3.63, 3.8) is 0 Å². The molecule has 1 N–H and O–H groups in total. The van der Waals surface area contributed by atoms with Crippen LogP contribution in [0.3, 0.4) is 0 Å². The minimum absolute atomic E-state index is 0.253. The summed E-state index contributed by atoms with van der Waals surface area (Å²) in [6.45, 7) is 0. The van der Waals surface area contributed by atoms with Gasteiger partial charge in [-0.25, -0.2) is 4.79 Å². The number of aromatic nitrogens is 1. The molecule has 2 aromatic rings. The summed E-state index contributed by atoms with van der Waals surface area (Å²) in [5, 5.41) is 0.700. The molecule has 0 amide bonds. The second-order valence-electron chi connectivity index (χ2n) is 3.07. The van der Waals surface area contributed by atoms with E-state index < -0.39 is 5.97 Å². The van der Waals surface area contributed by atoms with Gasteiger partial charge < -0.3 is 9.72 Å². The second kappa shape index (κ2) is 3.57. The SMILES string of the molecule is COC(=O)c1c(C=O)[nH]c2ccccc12. The Hall–Kier alpha value is -2.10. The third-order valence-corrected chi connectivity index (χ3v) is 2.24. The van der Waals surface area contributed by atoms with Crippen molar-refractivity contribution < 1.29 is 14.3 Å². The molecule has 2 rings (SSSR count). The van der Waals surface area contributed by atoms with Crippen LogP contribution in [0, 0.1) is 0 Å². The molecular weight excluding hydrogens is 194 g/mol. The molecule has 76 valence electrons. The molecule has 1 heterocycles. The molecule has 4 nitrogen and oxygen atoms in total. The molecule has 0 saturated heterocycles. The molecule has 0 saturated carbocycles. The molecule has 0 fully saturated rings. The molecule has 0 atom stereocenters. The van der Waals surface area contributed by atoms with Crippen molar-refractivity contribution >= 4 is 23.2 Å². The smallest absolute Gasteiger partial charge is 0.340 e. The Kier molecular flexibility index (Phi) is 2.25. The summed E-state index contributed by atoms with van der Waals surface area (Å²) in [6.07, 6.45) is 0.617. The minimum atomic E-state index is -0.505.